The lowest BCUT2D eigenvalue weighted by Gasteiger charge is -2.60. The van der Waals surface area contributed by atoms with Gasteiger partial charge in [-0.05, 0) is 67.9 Å². The molecular formula is C22H26BrN3O. The number of benzene rings is 1. The SMILES string of the molecule is O=C(CC12CC3CC(CC(Br)(C3)C1)C2)NCc1cnn(-c2ccccc2)c1. The standard InChI is InChI=1S/C22H26BrN3O/c23-22-9-16-6-17(10-22)8-21(7-16,15-22)11-20(27)24-12-18-13-25-26(14-18)19-4-2-1-3-5-19/h1-5,13-14,16-17H,6-12,15H2,(H,24,27). The molecule has 1 amide bonds. The van der Waals surface area contributed by atoms with E-state index in [9.17, 15) is 4.79 Å². The van der Waals surface area contributed by atoms with Crippen molar-refractivity contribution >= 4 is 21.8 Å². The maximum Gasteiger partial charge on any atom is 0.220 e. The molecule has 0 spiro atoms. The van der Waals surface area contributed by atoms with Crippen molar-refractivity contribution in [2.75, 3.05) is 0 Å². The fraction of sp³-hybridized carbons (Fsp3) is 0.545. The fourth-order valence-corrected chi connectivity index (χ4v) is 7.83. The van der Waals surface area contributed by atoms with Gasteiger partial charge < -0.3 is 5.32 Å². The summed E-state index contributed by atoms with van der Waals surface area (Å²) in [6.07, 6.45) is 12.2. The number of aromatic nitrogens is 2. The molecule has 4 saturated carbocycles. The molecule has 4 nitrogen and oxygen atoms in total. The minimum atomic E-state index is 0.195. The van der Waals surface area contributed by atoms with Gasteiger partial charge in [0, 0.05) is 29.1 Å². The summed E-state index contributed by atoms with van der Waals surface area (Å²) < 4.78 is 2.17. The number of halogens is 1. The minimum Gasteiger partial charge on any atom is -0.352 e. The van der Waals surface area contributed by atoms with E-state index in [-0.39, 0.29) is 11.3 Å². The van der Waals surface area contributed by atoms with Gasteiger partial charge in [-0.3, -0.25) is 4.79 Å². The second-order valence-electron chi connectivity index (χ2n) is 9.19. The van der Waals surface area contributed by atoms with E-state index >= 15 is 0 Å². The van der Waals surface area contributed by atoms with Crippen molar-refractivity contribution in [1.82, 2.24) is 15.1 Å². The molecule has 4 bridgehead atoms. The average molecular weight is 428 g/mol. The Balaban J connectivity index is 1.20. The summed E-state index contributed by atoms with van der Waals surface area (Å²) in [5.41, 5.74) is 2.30. The summed E-state index contributed by atoms with van der Waals surface area (Å²) in [6, 6.07) is 10.0. The number of carbonyl (C=O) groups excluding carboxylic acids is 1. The van der Waals surface area contributed by atoms with Crippen LogP contribution in [0.25, 0.3) is 5.69 Å². The van der Waals surface area contributed by atoms with Gasteiger partial charge in [0.25, 0.3) is 0 Å². The molecule has 1 aromatic carbocycles. The first-order valence-corrected chi connectivity index (χ1v) is 10.8. The molecule has 2 unspecified atom stereocenters. The summed E-state index contributed by atoms with van der Waals surface area (Å²) in [7, 11) is 0. The van der Waals surface area contributed by atoms with E-state index in [0.717, 1.165) is 23.1 Å². The third kappa shape index (κ3) is 3.46. The molecule has 142 valence electrons. The van der Waals surface area contributed by atoms with Gasteiger partial charge in [0.2, 0.25) is 5.91 Å². The number of alkyl halides is 1. The van der Waals surface area contributed by atoms with E-state index in [1.54, 1.807) is 0 Å². The van der Waals surface area contributed by atoms with Crippen LogP contribution in [0.5, 0.6) is 0 Å². The van der Waals surface area contributed by atoms with Crippen LogP contribution < -0.4 is 5.32 Å². The number of carbonyl (C=O) groups is 1. The van der Waals surface area contributed by atoms with Gasteiger partial charge in [0.1, 0.15) is 0 Å². The Hall–Kier alpha value is -1.62. The predicted molar refractivity (Wildman–Crippen MR) is 109 cm³/mol. The molecule has 1 heterocycles. The third-order valence-corrected chi connectivity index (χ3v) is 7.72. The number of hydrogen-bond acceptors (Lipinski definition) is 2. The van der Waals surface area contributed by atoms with Crippen LogP contribution in [0.4, 0.5) is 0 Å². The summed E-state index contributed by atoms with van der Waals surface area (Å²) in [5.74, 6) is 1.84. The van der Waals surface area contributed by atoms with Gasteiger partial charge in [0.15, 0.2) is 0 Å². The molecule has 5 heteroatoms. The van der Waals surface area contributed by atoms with Crippen molar-refractivity contribution in [1.29, 1.82) is 0 Å². The van der Waals surface area contributed by atoms with Crippen molar-refractivity contribution in [2.24, 2.45) is 17.3 Å². The van der Waals surface area contributed by atoms with Crippen molar-refractivity contribution in [2.45, 2.75) is 55.8 Å². The van der Waals surface area contributed by atoms with Crippen LogP contribution in [-0.2, 0) is 11.3 Å². The zero-order valence-electron chi connectivity index (χ0n) is 15.5. The Morgan fingerprint density at radius 1 is 1.19 bits per heavy atom. The zero-order valence-corrected chi connectivity index (χ0v) is 17.1. The van der Waals surface area contributed by atoms with Crippen molar-refractivity contribution < 1.29 is 4.79 Å². The molecule has 2 aromatic rings. The Morgan fingerprint density at radius 2 is 1.93 bits per heavy atom. The Morgan fingerprint density at radius 3 is 2.63 bits per heavy atom. The van der Waals surface area contributed by atoms with Crippen molar-refractivity contribution in [3.05, 3.63) is 48.3 Å². The number of nitrogens with one attached hydrogen (secondary N) is 1. The summed E-state index contributed by atoms with van der Waals surface area (Å²) in [4.78, 5) is 12.7. The lowest BCUT2D eigenvalue weighted by molar-refractivity contribution is -0.128. The van der Waals surface area contributed by atoms with E-state index < -0.39 is 0 Å². The average Bonchev–Trinajstić information content (AvgIpc) is 3.07. The number of amides is 1. The summed E-state index contributed by atoms with van der Waals surface area (Å²) in [6.45, 7) is 0.550. The predicted octanol–water partition coefficient (Wildman–Crippen LogP) is 4.61. The Kier molecular flexibility index (Phi) is 4.19. The lowest BCUT2D eigenvalue weighted by atomic mass is 9.48. The first-order valence-electron chi connectivity index (χ1n) is 10.1. The van der Waals surface area contributed by atoms with E-state index in [2.05, 4.69) is 26.3 Å². The van der Waals surface area contributed by atoms with Crippen LogP contribution in [0.1, 0.15) is 50.5 Å². The fourth-order valence-electron chi connectivity index (χ4n) is 6.32. The molecule has 27 heavy (non-hydrogen) atoms. The topological polar surface area (TPSA) is 46.9 Å². The van der Waals surface area contributed by atoms with Gasteiger partial charge in [0.05, 0.1) is 11.9 Å². The van der Waals surface area contributed by atoms with Crippen LogP contribution in [0.2, 0.25) is 0 Å². The molecule has 1 N–H and O–H groups in total. The molecule has 6 rings (SSSR count). The number of para-hydroxylation sites is 1. The first kappa shape index (κ1) is 17.5. The molecule has 2 atom stereocenters. The minimum absolute atomic E-state index is 0.195. The molecule has 4 fully saturated rings. The molecule has 1 aromatic heterocycles. The maximum atomic E-state index is 12.7. The van der Waals surface area contributed by atoms with Gasteiger partial charge in [-0.1, -0.05) is 34.1 Å². The summed E-state index contributed by atoms with van der Waals surface area (Å²) in [5, 5.41) is 7.56. The van der Waals surface area contributed by atoms with E-state index in [0.29, 0.717) is 17.3 Å². The molecule has 0 aliphatic heterocycles. The number of nitrogens with zero attached hydrogens (tertiary/aromatic N) is 2. The highest BCUT2D eigenvalue weighted by Gasteiger charge is 2.57. The van der Waals surface area contributed by atoms with Gasteiger partial charge >= 0.3 is 0 Å². The van der Waals surface area contributed by atoms with Gasteiger partial charge in [-0.2, -0.15) is 5.10 Å². The molecular weight excluding hydrogens is 402 g/mol. The zero-order chi connectivity index (χ0) is 18.5. The second kappa shape index (κ2) is 6.47. The van der Waals surface area contributed by atoms with Gasteiger partial charge in [-0.15, -0.1) is 0 Å². The van der Waals surface area contributed by atoms with E-state index in [4.69, 9.17) is 0 Å². The quantitative estimate of drug-likeness (QED) is 0.707. The second-order valence-corrected chi connectivity index (χ2v) is 10.9. The van der Waals surface area contributed by atoms with Crippen LogP contribution in [0.3, 0.4) is 0 Å². The largest absolute Gasteiger partial charge is 0.352 e. The maximum absolute atomic E-state index is 12.7. The number of rotatable bonds is 5. The van der Waals surface area contributed by atoms with Crippen LogP contribution >= 0.6 is 15.9 Å². The van der Waals surface area contributed by atoms with E-state index in [1.807, 2.05) is 47.4 Å². The van der Waals surface area contributed by atoms with Crippen molar-refractivity contribution in [3.8, 4) is 5.69 Å². The molecule has 4 aliphatic rings. The summed E-state index contributed by atoms with van der Waals surface area (Å²) >= 11 is 4.04. The highest BCUT2D eigenvalue weighted by Crippen LogP contribution is 2.65. The Labute approximate surface area is 168 Å². The van der Waals surface area contributed by atoms with Gasteiger partial charge in [-0.25, -0.2) is 4.68 Å². The Bertz CT molecular complexity index is 832. The molecule has 0 radical (unpaired) electrons. The first-order chi connectivity index (χ1) is 13.0. The normalized spacial score (nSPS) is 34.0. The molecule has 4 aliphatic carbocycles. The smallest absolute Gasteiger partial charge is 0.220 e. The number of hydrogen-bond donors (Lipinski definition) is 1. The highest BCUT2D eigenvalue weighted by atomic mass is 79.9. The van der Waals surface area contributed by atoms with E-state index in [1.165, 1.54) is 38.5 Å². The monoisotopic (exact) mass is 427 g/mol. The van der Waals surface area contributed by atoms with Crippen LogP contribution in [0.15, 0.2) is 42.7 Å². The molecule has 0 saturated heterocycles. The third-order valence-electron chi connectivity index (χ3n) is 6.79. The van der Waals surface area contributed by atoms with Crippen LogP contribution in [-0.4, -0.2) is 20.0 Å². The lowest BCUT2D eigenvalue weighted by Crippen LogP contribution is -2.54. The van der Waals surface area contributed by atoms with Crippen LogP contribution in [0, 0.1) is 17.3 Å². The van der Waals surface area contributed by atoms with Crippen molar-refractivity contribution in [3.63, 3.8) is 0 Å². The highest BCUT2D eigenvalue weighted by molar-refractivity contribution is 9.10.